The number of likely N-dealkylation sites (N-methyl/N-ethyl adjacent to an activating group) is 1. The summed E-state index contributed by atoms with van der Waals surface area (Å²) in [6.07, 6.45) is -0.541. The lowest BCUT2D eigenvalue weighted by Gasteiger charge is -2.29. The van der Waals surface area contributed by atoms with E-state index in [0.29, 0.717) is 18.5 Å². The van der Waals surface area contributed by atoms with Gasteiger partial charge in [-0.15, -0.1) is 6.58 Å². The predicted molar refractivity (Wildman–Crippen MR) is 122 cm³/mol. The smallest absolute Gasteiger partial charge is 0.345 e. The van der Waals surface area contributed by atoms with Gasteiger partial charge in [0.2, 0.25) is 11.5 Å². The molecule has 6 nitrogen and oxygen atoms in total. The number of aromatic amines is 1. The molecule has 1 aliphatic rings. The van der Waals surface area contributed by atoms with Gasteiger partial charge in [-0.25, -0.2) is 0 Å². The second-order valence-electron chi connectivity index (χ2n) is 8.40. The number of carbonyl (C=O) groups excluding carboxylic acids is 2. The molecule has 1 aliphatic heterocycles. The van der Waals surface area contributed by atoms with Crippen LogP contribution in [0, 0.1) is 0 Å². The molecular weight excluding hydrogens is 445 g/mol. The van der Waals surface area contributed by atoms with Crippen molar-refractivity contribution in [3.8, 4) is 0 Å². The van der Waals surface area contributed by atoms with Crippen LogP contribution < -0.4 is 5.62 Å². The third kappa shape index (κ3) is 4.69. The molecule has 0 spiro atoms. The lowest BCUT2D eigenvalue weighted by Crippen LogP contribution is -2.36. The maximum Gasteiger partial charge on any atom is 0.416 e. The van der Waals surface area contributed by atoms with E-state index in [1.165, 1.54) is 12.1 Å². The topological polar surface area (TPSA) is 70.5 Å². The number of aromatic nitrogens is 2. The van der Waals surface area contributed by atoms with Crippen LogP contribution in [0.4, 0.5) is 13.2 Å². The first-order valence-electron chi connectivity index (χ1n) is 11.0. The molecule has 1 aromatic heterocycles. The van der Waals surface area contributed by atoms with Crippen LogP contribution in [-0.2, 0) is 17.5 Å². The number of allylic oxidation sites excluding steroid dienone is 1. The molecule has 1 fully saturated rings. The van der Waals surface area contributed by atoms with E-state index in [9.17, 15) is 22.8 Å². The van der Waals surface area contributed by atoms with Crippen molar-refractivity contribution in [2.24, 2.45) is 4.99 Å². The van der Waals surface area contributed by atoms with E-state index in [1.807, 2.05) is 18.2 Å². The van der Waals surface area contributed by atoms with E-state index in [1.54, 1.807) is 22.6 Å². The molecule has 0 bridgehead atoms. The Kier molecular flexibility index (Phi) is 6.45. The van der Waals surface area contributed by atoms with Gasteiger partial charge in [-0.1, -0.05) is 18.2 Å². The molecule has 1 unspecified atom stereocenters. The SMILES string of the molecule is C=CCCn1/c(=N/C(=O)c2cccc(C(F)(F)F)c2)[nH]c2cc(C3CCCN(C)C3=O)ccc21. The number of aryl methyl sites for hydroxylation is 1. The minimum atomic E-state index is -4.55. The predicted octanol–water partition coefficient (Wildman–Crippen LogP) is 4.64. The third-order valence-corrected chi connectivity index (χ3v) is 6.08. The van der Waals surface area contributed by atoms with Crippen LogP contribution in [0.5, 0.6) is 0 Å². The maximum absolute atomic E-state index is 13.1. The highest BCUT2D eigenvalue weighted by Crippen LogP contribution is 2.30. The van der Waals surface area contributed by atoms with Gasteiger partial charge in [0, 0.05) is 25.7 Å². The molecule has 3 aromatic rings. The standard InChI is InChI=1S/C25H25F3N4O2/c1-3-4-13-32-21-11-10-16(19-9-6-12-31(2)23(19)34)15-20(21)29-24(32)30-22(33)17-7-5-8-18(14-17)25(26,27)28/h3,5,7-8,10-11,14-15,19H,1,4,6,9,12-13H2,2H3,(H,29,30,33). The lowest BCUT2D eigenvalue weighted by atomic mass is 9.90. The molecule has 0 aliphatic carbocycles. The summed E-state index contributed by atoms with van der Waals surface area (Å²) >= 11 is 0. The zero-order valence-corrected chi connectivity index (χ0v) is 18.7. The largest absolute Gasteiger partial charge is 0.416 e. The van der Waals surface area contributed by atoms with Crippen molar-refractivity contribution in [2.45, 2.75) is 37.9 Å². The van der Waals surface area contributed by atoms with Crippen molar-refractivity contribution in [1.29, 1.82) is 0 Å². The van der Waals surface area contributed by atoms with Crippen LogP contribution in [-0.4, -0.2) is 39.9 Å². The summed E-state index contributed by atoms with van der Waals surface area (Å²) in [4.78, 5) is 34.3. The molecular formula is C25H25F3N4O2. The summed E-state index contributed by atoms with van der Waals surface area (Å²) in [5.41, 5.74) is 1.51. The Balaban J connectivity index is 1.77. The minimum absolute atomic E-state index is 0.0707. The second kappa shape index (κ2) is 9.32. The van der Waals surface area contributed by atoms with E-state index in [0.717, 1.165) is 42.6 Å². The normalized spacial score (nSPS) is 17.4. The molecule has 178 valence electrons. The van der Waals surface area contributed by atoms with E-state index in [2.05, 4.69) is 16.6 Å². The molecule has 0 saturated carbocycles. The number of H-pyrrole nitrogens is 1. The van der Waals surface area contributed by atoms with E-state index in [-0.39, 0.29) is 23.0 Å². The number of alkyl halides is 3. The molecule has 2 heterocycles. The number of hydrogen-bond acceptors (Lipinski definition) is 2. The summed E-state index contributed by atoms with van der Waals surface area (Å²) < 4.78 is 41.0. The fourth-order valence-electron chi connectivity index (χ4n) is 4.27. The molecule has 9 heteroatoms. The molecule has 1 saturated heterocycles. The quantitative estimate of drug-likeness (QED) is 0.552. The third-order valence-electron chi connectivity index (χ3n) is 6.08. The van der Waals surface area contributed by atoms with Crippen LogP contribution in [0.15, 0.2) is 60.1 Å². The number of fused-ring (bicyclic) bond motifs is 1. The number of imidazole rings is 1. The van der Waals surface area contributed by atoms with Crippen molar-refractivity contribution >= 4 is 22.8 Å². The van der Waals surface area contributed by atoms with Gasteiger partial charge in [-0.2, -0.15) is 18.2 Å². The van der Waals surface area contributed by atoms with Crippen molar-refractivity contribution in [1.82, 2.24) is 14.5 Å². The Morgan fingerprint density at radius 2 is 2.06 bits per heavy atom. The van der Waals surface area contributed by atoms with Gasteiger partial charge in [-0.05, 0) is 55.2 Å². The van der Waals surface area contributed by atoms with Crippen LogP contribution in [0.25, 0.3) is 11.0 Å². The summed E-state index contributed by atoms with van der Waals surface area (Å²) in [5.74, 6) is -0.948. The van der Waals surface area contributed by atoms with E-state index < -0.39 is 17.6 Å². The van der Waals surface area contributed by atoms with Crippen LogP contribution in [0.1, 0.15) is 46.7 Å². The van der Waals surface area contributed by atoms with Gasteiger partial charge >= 0.3 is 6.18 Å². The summed E-state index contributed by atoms with van der Waals surface area (Å²) in [5, 5.41) is 0. The van der Waals surface area contributed by atoms with E-state index in [4.69, 9.17) is 0 Å². The van der Waals surface area contributed by atoms with Gasteiger partial charge in [0.05, 0.1) is 22.5 Å². The Morgan fingerprint density at radius 3 is 2.79 bits per heavy atom. The summed E-state index contributed by atoms with van der Waals surface area (Å²) in [6, 6.07) is 9.87. The summed E-state index contributed by atoms with van der Waals surface area (Å²) in [7, 11) is 1.79. The van der Waals surface area contributed by atoms with E-state index >= 15 is 0 Å². The number of halogens is 3. The van der Waals surface area contributed by atoms with Crippen LogP contribution in [0.3, 0.4) is 0 Å². The monoisotopic (exact) mass is 470 g/mol. The fraction of sp³-hybridized carbons (Fsp3) is 0.320. The number of hydrogen-bond donors (Lipinski definition) is 1. The van der Waals surface area contributed by atoms with Gasteiger partial charge < -0.3 is 14.5 Å². The molecule has 2 amide bonds. The molecule has 4 rings (SSSR count). The number of rotatable bonds is 5. The molecule has 1 atom stereocenters. The average Bonchev–Trinajstić information content (AvgIpc) is 3.14. The fourth-order valence-corrected chi connectivity index (χ4v) is 4.27. The molecule has 1 N–H and O–H groups in total. The molecule has 2 aromatic carbocycles. The highest BCUT2D eigenvalue weighted by atomic mass is 19.4. The number of piperidine rings is 1. The first kappa shape index (κ1) is 23.5. The number of likely N-dealkylation sites (tertiary alicyclic amines) is 1. The maximum atomic E-state index is 13.1. The zero-order chi connectivity index (χ0) is 24.5. The summed E-state index contributed by atoms with van der Waals surface area (Å²) in [6.45, 7) is 4.95. The van der Waals surface area contributed by atoms with Crippen molar-refractivity contribution in [2.75, 3.05) is 13.6 Å². The Hall–Kier alpha value is -3.62. The Bertz CT molecular complexity index is 1320. The van der Waals surface area contributed by atoms with Gasteiger partial charge in [0.1, 0.15) is 0 Å². The van der Waals surface area contributed by atoms with Gasteiger partial charge in [0.25, 0.3) is 5.91 Å². The first-order valence-corrected chi connectivity index (χ1v) is 11.0. The van der Waals surface area contributed by atoms with Crippen LogP contribution >= 0.6 is 0 Å². The van der Waals surface area contributed by atoms with Crippen LogP contribution in [0.2, 0.25) is 0 Å². The first-order chi connectivity index (χ1) is 16.2. The Morgan fingerprint density at radius 1 is 1.26 bits per heavy atom. The number of nitrogens with zero attached hydrogens (tertiary/aromatic N) is 3. The van der Waals surface area contributed by atoms with Crippen molar-refractivity contribution in [3.63, 3.8) is 0 Å². The van der Waals surface area contributed by atoms with Crippen molar-refractivity contribution < 1.29 is 22.8 Å². The molecule has 0 radical (unpaired) electrons. The number of amides is 2. The van der Waals surface area contributed by atoms with Gasteiger partial charge in [-0.3, -0.25) is 9.59 Å². The Labute approximate surface area is 194 Å². The molecule has 34 heavy (non-hydrogen) atoms. The average molecular weight is 470 g/mol. The zero-order valence-electron chi connectivity index (χ0n) is 18.7. The van der Waals surface area contributed by atoms with Gasteiger partial charge in [0.15, 0.2) is 0 Å². The highest BCUT2D eigenvalue weighted by molar-refractivity contribution is 5.95. The second-order valence-corrected chi connectivity index (χ2v) is 8.40. The number of benzene rings is 2. The van der Waals surface area contributed by atoms with Crippen molar-refractivity contribution in [3.05, 3.63) is 77.4 Å². The number of nitrogens with one attached hydrogen (secondary N) is 1. The number of carbonyl (C=O) groups is 2. The highest BCUT2D eigenvalue weighted by Gasteiger charge is 2.31. The minimum Gasteiger partial charge on any atom is -0.345 e. The lowest BCUT2D eigenvalue weighted by molar-refractivity contribution is -0.137.